The maximum atomic E-state index is 12.1. The summed E-state index contributed by atoms with van der Waals surface area (Å²) in [6.45, 7) is 5.87. The molecular weight excluding hydrogens is 334 g/mol. The molecule has 132 valence electrons. The first kappa shape index (κ1) is 19.1. The molecule has 0 spiro atoms. The topological polar surface area (TPSA) is 47.6 Å². The second-order valence-electron chi connectivity index (χ2n) is 5.38. The third-order valence-corrected chi connectivity index (χ3v) is 4.49. The highest BCUT2D eigenvalue weighted by atomic mass is 32.2. The summed E-state index contributed by atoms with van der Waals surface area (Å²) in [6, 6.07) is 15.6. The Bertz CT molecular complexity index is 683. The number of methoxy groups -OCH3 is 1. The van der Waals surface area contributed by atoms with Crippen LogP contribution in [-0.4, -0.2) is 25.7 Å². The first-order chi connectivity index (χ1) is 12.1. The highest BCUT2D eigenvalue weighted by Gasteiger charge is 2.13. The largest absolute Gasteiger partial charge is 0.497 e. The Hall–Kier alpha value is -2.24. The molecule has 0 aromatic heterocycles. The zero-order valence-electron chi connectivity index (χ0n) is 14.5. The fraction of sp³-hybridized carbons (Fsp3) is 0.250. The molecule has 1 atom stereocenters. The number of rotatable bonds is 9. The molecule has 0 aliphatic rings. The van der Waals surface area contributed by atoms with Crippen LogP contribution in [0.1, 0.15) is 13.3 Å². The van der Waals surface area contributed by atoms with E-state index < -0.39 is 6.10 Å². The Morgan fingerprint density at radius 1 is 1.16 bits per heavy atom. The fourth-order valence-electron chi connectivity index (χ4n) is 2.03. The van der Waals surface area contributed by atoms with Gasteiger partial charge in [0.15, 0.2) is 0 Å². The zero-order chi connectivity index (χ0) is 18.1. The lowest BCUT2D eigenvalue weighted by molar-refractivity contribution is -0.126. The molecule has 1 unspecified atom stereocenters. The summed E-state index contributed by atoms with van der Waals surface area (Å²) in [4.78, 5) is 14.3. The highest BCUT2D eigenvalue weighted by Crippen LogP contribution is 2.29. The van der Waals surface area contributed by atoms with Crippen molar-refractivity contribution >= 4 is 23.4 Å². The van der Waals surface area contributed by atoms with Gasteiger partial charge in [0, 0.05) is 15.5 Å². The minimum absolute atomic E-state index is 0.153. The first-order valence-corrected chi connectivity index (χ1v) is 8.89. The third-order valence-electron chi connectivity index (χ3n) is 3.48. The molecule has 2 rings (SSSR count). The molecule has 4 nitrogen and oxygen atoms in total. The van der Waals surface area contributed by atoms with Crippen LogP contribution >= 0.6 is 11.8 Å². The molecular formula is C20H23NO3S. The number of carbonyl (C=O) groups is 1. The lowest BCUT2D eigenvalue weighted by Crippen LogP contribution is -2.27. The van der Waals surface area contributed by atoms with E-state index in [1.165, 1.54) is 0 Å². The van der Waals surface area contributed by atoms with Gasteiger partial charge in [0.25, 0.3) is 5.91 Å². The Labute approximate surface area is 153 Å². The molecule has 0 radical (unpaired) electrons. The van der Waals surface area contributed by atoms with Crippen LogP contribution in [0.25, 0.3) is 0 Å². The van der Waals surface area contributed by atoms with E-state index in [4.69, 9.17) is 9.47 Å². The van der Waals surface area contributed by atoms with Crippen molar-refractivity contribution < 1.29 is 14.3 Å². The number of hydrogen-bond acceptors (Lipinski definition) is 4. The number of benzene rings is 2. The molecule has 2 aromatic carbocycles. The summed E-state index contributed by atoms with van der Waals surface area (Å²) < 4.78 is 10.6. The molecule has 0 heterocycles. The predicted octanol–water partition coefficient (Wildman–Crippen LogP) is 4.77. The summed E-state index contributed by atoms with van der Waals surface area (Å²) in [7, 11) is 1.65. The molecule has 5 heteroatoms. The van der Waals surface area contributed by atoms with E-state index in [0.717, 1.165) is 27.6 Å². The Kier molecular flexibility index (Phi) is 7.57. The molecule has 25 heavy (non-hydrogen) atoms. The van der Waals surface area contributed by atoms with E-state index in [1.54, 1.807) is 31.9 Å². The van der Waals surface area contributed by atoms with Gasteiger partial charge in [-0.3, -0.25) is 4.79 Å². The minimum atomic E-state index is -0.492. The maximum absolute atomic E-state index is 12.1. The smallest absolute Gasteiger partial charge is 0.253 e. The number of ether oxygens (including phenoxy) is 2. The van der Waals surface area contributed by atoms with Crippen LogP contribution in [0.15, 0.2) is 71.0 Å². The van der Waals surface area contributed by atoms with Crippen molar-refractivity contribution in [2.45, 2.75) is 29.2 Å². The molecule has 0 saturated carbocycles. The lowest BCUT2D eigenvalue weighted by atomic mass is 10.3. The lowest BCUT2D eigenvalue weighted by Gasteiger charge is -2.13. The van der Waals surface area contributed by atoms with Crippen LogP contribution in [0.2, 0.25) is 0 Å². The monoisotopic (exact) mass is 357 g/mol. The van der Waals surface area contributed by atoms with Crippen molar-refractivity contribution in [1.29, 1.82) is 0 Å². The van der Waals surface area contributed by atoms with Gasteiger partial charge in [-0.05, 0) is 61.9 Å². The van der Waals surface area contributed by atoms with Gasteiger partial charge in [-0.2, -0.15) is 0 Å². The van der Waals surface area contributed by atoms with Gasteiger partial charge >= 0.3 is 0 Å². The van der Waals surface area contributed by atoms with Crippen molar-refractivity contribution in [3.8, 4) is 5.75 Å². The van der Waals surface area contributed by atoms with Crippen LogP contribution in [0.3, 0.4) is 0 Å². The van der Waals surface area contributed by atoms with Crippen LogP contribution < -0.4 is 10.1 Å². The van der Waals surface area contributed by atoms with E-state index in [-0.39, 0.29) is 5.91 Å². The number of amides is 1. The number of nitrogens with one attached hydrogen (secondary N) is 1. The molecule has 0 saturated heterocycles. The number of hydrogen-bond donors (Lipinski definition) is 1. The van der Waals surface area contributed by atoms with Gasteiger partial charge in [-0.25, -0.2) is 0 Å². The molecule has 0 fully saturated rings. The molecule has 0 bridgehead atoms. The second kappa shape index (κ2) is 9.91. The average Bonchev–Trinajstić information content (AvgIpc) is 2.64. The van der Waals surface area contributed by atoms with E-state index in [9.17, 15) is 4.79 Å². The van der Waals surface area contributed by atoms with Gasteiger partial charge in [-0.15, -0.1) is 6.58 Å². The van der Waals surface area contributed by atoms with Crippen LogP contribution in [0, 0.1) is 0 Å². The van der Waals surface area contributed by atoms with Crippen molar-refractivity contribution in [1.82, 2.24) is 0 Å². The highest BCUT2D eigenvalue weighted by molar-refractivity contribution is 7.99. The summed E-state index contributed by atoms with van der Waals surface area (Å²) >= 11 is 1.65. The normalized spacial score (nSPS) is 11.6. The summed E-state index contributed by atoms with van der Waals surface area (Å²) in [6.07, 6.45) is 2.01. The quantitative estimate of drug-likeness (QED) is 0.519. The SMILES string of the molecule is C=CCCOC(C)C(=O)Nc1ccc(Sc2ccc(OC)cc2)cc1. The van der Waals surface area contributed by atoms with Crippen LogP contribution in [0.5, 0.6) is 5.75 Å². The summed E-state index contributed by atoms with van der Waals surface area (Å²) in [5.74, 6) is 0.687. The van der Waals surface area contributed by atoms with Gasteiger partial charge in [-0.1, -0.05) is 17.8 Å². The molecule has 1 amide bonds. The minimum Gasteiger partial charge on any atom is -0.497 e. The second-order valence-corrected chi connectivity index (χ2v) is 6.53. The van der Waals surface area contributed by atoms with Gasteiger partial charge in [0.1, 0.15) is 11.9 Å². The first-order valence-electron chi connectivity index (χ1n) is 8.07. The fourth-order valence-corrected chi connectivity index (χ4v) is 2.85. The predicted molar refractivity (Wildman–Crippen MR) is 102 cm³/mol. The van der Waals surface area contributed by atoms with Gasteiger partial charge in [0.2, 0.25) is 0 Å². The van der Waals surface area contributed by atoms with Crippen LogP contribution in [-0.2, 0) is 9.53 Å². The molecule has 0 aliphatic heterocycles. The van der Waals surface area contributed by atoms with Crippen molar-refractivity contribution in [3.05, 3.63) is 61.2 Å². The zero-order valence-corrected chi connectivity index (χ0v) is 15.3. The van der Waals surface area contributed by atoms with Crippen molar-refractivity contribution in [2.24, 2.45) is 0 Å². The van der Waals surface area contributed by atoms with Gasteiger partial charge in [0.05, 0.1) is 13.7 Å². The average molecular weight is 357 g/mol. The molecule has 1 N–H and O–H groups in total. The van der Waals surface area contributed by atoms with Crippen LogP contribution in [0.4, 0.5) is 5.69 Å². The van der Waals surface area contributed by atoms with Gasteiger partial charge < -0.3 is 14.8 Å². The van der Waals surface area contributed by atoms with Crippen molar-refractivity contribution in [3.63, 3.8) is 0 Å². The third kappa shape index (κ3) is 6.29. The summed E-state index contributed by atoms with van der Waals surface area (Å²) in [5, 5.41) is 2.86. The van der Waals surface area contributed by atoms with E-state index in [1.807, 2.05) is 48.5 Å². The molecule has 0 aliphatic carbocycles. The Balaban J connectivity index is 1.88. The number of carbonyl (C=O) groups excluding carboxylic acids is 1. The standard InChI is InChI=1S/C20H23NO3S/c1-4-5-14-24-15(2)20(22)21-16-6-10-18(11-7-16)25-19-12-8-17(23-3)9-13-19/h4,6-13,15H,1,5,14H2,2-3H3,(H,21,22). The maximum Gasteiger partial charge on any atom is 0.253 e. The molecule has 2 aromatic rings. The van der Waals surface area contributed by atoms with E-state index in [0.29, 0.717) is 6.61 Å². The van der Waals surface area contributed by atoms with E-state index in [2.05, 4.69) is 11.9 Å². The Morgan fingerprint density at radius 3 is 2.32 bits per heavy atom. The summed E-state index contributed by atoms with van der Waals surface area (Å²) in [5.41, 5.74) is 0.753. The van der Waals surface area contributed by atoms with Crippen molar-refractivity contribution in [2.75, 3.05) is 19.0 Å². The number of anilines is 1. The van der Waals surface area contributed by atoms with E-state index >= 15 is 0 Å². The Morgan fingerprint density at radius 2 is 1.76 bits per heavy atom.